The second-order valence-electron chi connectivity index (χ2n) is 3.02. The molecule has 0 saturated heterocycles. The number of hydrogen-bond donors (Lipinski definition) is 2. The molecule has 0 bridgehead atoms. The first-order valence-electron chi connectivity index (χ1n) is 4.12. The van der Waals surface area contributed by atoms with E-state index in [9.17, 15) is 4.79 Å². The van der Waals surface area contributed by atoms with E-state index in [4.69, 9.17) is 10.2 Å². The minimum Gasteiger partial charge on any atom is -0.478 e. The number of pyridine rings is 1. The van der Waals surface area contributed by atoms with Crippen LogP contribution in [0.25, 0.3) is 10.2 Å². The summed E-state index contributed by atoms with van der Waals surface area (Å²) in [6.07, 6.45) is 1.36. The number of thiophene rings is 1. The van der Waals surface area contributed by atoms with E-state index in [1.54, 1.807) is 0 Å². The number of aryl methyl sites for hydroxylation is 1. The van der Waals surface area contributed by atoms with Gasteiger partial charge in [0.05, 0.1) is 20.7 Å². The Morgan fingerprint density at radius 2 is 2.40 bits per heavy atom. The number of hydrogen-bond acceptors (Lipinski definition) is 5. The van der Waals surface area contributed by atoms with Crippen LogP contribution in [-0.4, -0.2) is 16.1 Å². The quantitative estimate of drug-likeness (QED) is 0.787. The van der Waals surface area contributed by atoms with Gasteiger partial charge in [-0.05, 0) is 29.8 Å². The maximum Gasteiger partial charge on any atom is 0.338 e. The third kappa shape index (κ3) is 1.60. The van der Waals surface area contributed by atoms with Gasteiger partial charge in [-0.25, -0.2) is 4.79 Å². The fourth-order valence-corrected chi connectivity index (χ4v) is 3.05. The van der Waals surface area contributed by atoms with E-state index in [2.05, 4.69) is 4.98 Å². The van der Waals surface area contributed by atoms with Gasteiger partial charge in [-0.3, -0.25) is 10.1 Å². The Morgan fingerprint density at radius 3 is 3.00 bits per heavy atom. The van der Waals surface area contributed by atoms with Gasteiger partial charge >= 0.3 is 5.97 Å². The summed E-state index contributed by atoms with van der Waals surface area (Å²) in [6, 6.07) is 0. The van der Waals surface area contributed by atoms with E-state index < -0.39 is 5.97 Å². The molecule has 0 aliphatic heterocycles. The molecule has 0 aliphatic rings. The molecule has 0 radical (unpaired) electrons. The van der Waals surface area contributed by atoms with E-state index >= 15 is 0 Å². The molecule has 0 aliphatic carbocycles. The Kier molecular flexibility index (Phi) is 2.64. The lowest BCUT2D eigenvalue weighted by Gasteiger charge is -2.03. The van der Waals surface area contributed by atoms with Crippen molar-refractivity contribution in [1.82, 2.24) is 4.98 Å². The zero-order valence-corrected chi connectivity index (χ0v) is 9.48. The average molecular weight is 240 g/mol. The Labute approximate surface area is 94.3 Å². The van der Waals surface area contributed by atoms with E-state index in [1.807, 2.05) is 12.3 Å². The van der Waals surface area contributed by atoms with Gasteiger partial charge in [0.15, 0.2) is 0 Å². The number of rotatable bonds is 2. The molecular formula is C9H8N2O2S2. The molecule has 78 valence electrons. The van der Waals surface area contributed by atoms with Crippen LogP contribution >= 0.6 is 23.3 Å². The van der Waals surface area contributed by atoms with Crippen LogP contribution in [0.3, 0.4) is 0 Å². The first kappa shape index (κ1) is 10.4. The highest BCUT2D eigenvalue weighted by atomic mass is 32.2. The zero-order valence-electron chi connectivity index (χ0n) is 7.85. The standard InChI is InChI=1S/C9H8N2O2S2/c1-4-3-14-8-6(4)11-2-5(9(12)13)7(8)15-10/h2-3H,10H2,1H3,(H,12,13). The predicted octanol–water partition coefficient (Wildman–Crippen LogP) is 2.27. The Morgan fingerprint density at radius 1 is 1.67 bits per heavy atom. The SMILES string of the molecule is Cc1csc2c(SN)c(C(=O)O)cnc12. The Hall–Kier alpha value is -1.11. The predicted molar refractivity (Wildman–Crippen MR) is 61.4 cm³/mol. The van der Waals surface area contributed by atoms with E-state index in [0.29, 0.717) is 4.90 Å². The minimum atomic E-state index is -0.997. The van der Waals surface area contributed by atoms with Crippen LogP contribution in [0.2, 0.25) is 0 Å². The van der Waals surface area contributed by atoms with Gasteiger partial charge in [-0.15, -0.1) is 11.3 Å². The zero-order chi connectivity index (χ0) is 11.0. The van der Waals surface area contributed by atoms with Gasteiger partial charge < -0.3 is 5.11 Å². The summed E-state index contributed by atoms with van der Waals surface area (Å²) >= 11 is 2.43. The molecule has 0 unspecified atom stereocenters. The summed E-state index contributed by atoms with van der Waals surface area (Å²) in [6.45, 7) is 1.94. The van der Waals surface area contributed by atoms with Crippen LogP contribution in [-0.2, 0) is 0 Å². The third-order valence-electron chi connectivity index (χ3n) is 2.06. The highest BCUT2D eigenvalue weighted by Crippen LogP contribution is 2.33. The van der Waals surface area contributed by atoms with Crippen molar-refractivity contribution in [1.29, 1.82) is 0 Å². The van der Waals surface area contributed by atoms with Gasteiger partial charge in [-0.1, -0.05) is 0 Å². The summed E-state index contributed by atoms with van der Waals surface area (Å²) in [7, 11) is 0. The van der Waals surface area contributed by atoms with Gasteiger partial charge in [0.2, 0.25) is 0 Å². The Balaban J connectivity index is 2.82. The normalized spacial score (nSPS) is 10.8. The lowest BCUT2D eigenvalue weighted by molar-refractivity contribution is 0.0693. The lowest BCUT2D eigenvalue weighted by atomic mass is 10.2. The number of nitrogens with two attached hydrogens (primary N) is 1. The van der Waals surface area contributed by atoms with Crippen LogP contribution in [0.4, 0.5) is 0 Å². The van der Waals surface area contributed by atoms with Crippen LogP contribution in [0.5, 0.6) is 0 Å². The molecule has 0 atom stereocenters. The fraction of sp³-hybridized carbons (Fsp3) is 0.111. The molecule has 0 amide bonds. The van der Waals surface area contributed by atoms with Gasteiger partial charge in [0.25, 0.3) is 0 Å². The number of carboxylic acid groups (broad SMARTS) is 1. The first-order chi connectivity index (χ1) is 7.15. The smallest absolute Gasteiger partial charge is 0.338 e. The minimum absolute atomic E-state index is 0.164. The van der Waals surface area contributed by atoms with Crippen LogP contribution in [0.1, 0.15) is 15.9 Å². The number of carbonyl (C=O) groups is 1. The van der Waals surface area contributed by atoms with E-state index in [-0.39, 0.29) is 5.56 Å². The van der Waals surface area contributed by atoms with Crippen molar-refractivity contribution in [3.8, 4) is 0 Å². The molecule has 4 nitrogen and oxygen atoms in total. The van der Waals surface area contributed by atoms with Gasteiger partial charge in [0.1, 0.15) is 0 Å². The molecule has 6 heteroatoms. The number of aromatic nitrogens is 1. The van der Waals surface area contributed by atoms with Gasteiger partial charge in [-0.2, -0.15) is 0 Å². The highest BCUT2D eigenvalue weighted by molar-refractivity contribution is 7.97. The summed E-state index contributed by atoms with van der Waals surface area (Å²) in [4.78, 5) is 15.6. The topological polar surface area (TPSA) is 76.2 Å². The number of carboxylic acids is 1. The highest BCUT2D eigenvalue weighted by Gasteiger charge is 2.16. The number of aromatic carboxylic acids is 1. The maximum absolute atomic E-state index is 10.9. The van der Waals surface area contributed by atoms with Crippen molar-refractivity contribution in [2.75, 3.05) is 0 Å². The summed E-state index contributed by atoms with van der Waals surface area (Å²) in [5.74, 6) is -0.997. The van der Waals surface area contributed by atoms with Crippen LogP contribution in [0.15, 0.2) is 16.5 Å². The molecule has 0 aromatic carbocycles. The maximum atomic E-state index is 10.9. The molecule has 0 spiro atoms. The van der Waals surface area contributed by atoms with Crippen molar-refractivity contribution in [3.05, 3.63) is 22.7 Å². The largest absolute Gasteiger partial charge is 0.478 e. The monoisotopic (exact) mass is 240 g/mol. The lowest BCUT2D eigenvalue weighted by Crippen LogP contribution is -2.01. The molecule has 0 fully saturated rings. The van der Waals surface area contributed by atoms with Crippen molar-refractivity contribution in [2.45, 2.75) is 11.8 Å². The molecular weight excluding hydrogens is 232 g/mol. The summed E-state index contributed by atoms with van der Waals surface area (Å²) in [5.41, 5.74) is 2.04. The number of fused-ring (bicyclic) bond motifs is 1. The molecule has 2 aromatic heterocycles. The van der Waals surface area contributed by atoms with Crippen molar-refractivity contribution >= 4 is 39.5 Å². The van der Waals surface area contributed by atoms with Crippen LogP contribution < -0.4 is 5.14 Å². The first-order valence-corrected chi connectivity index (χ1v) is 5.88. The van der Waals surface area contributed by atoms with E-state index in [0.717, 1.165) is 27.7 Å². The molecule has 2 heterocycles. The summed E-state index contributed by atoms with van der Waals surface area (Å²) in [5, 5.41) is 16.4. The van der Waals surface area contributed by atoms with Crippen molar-refractivity contribution in [3.63, 3.8) is 0 Å². The summed E-state index contributed by atoms with van der Waals surface area (Å²) < 4.78 is 0.847. The molecule has 3 N–H and O–H groups in total. The second kappa shape index (κ2) is 3.80. The van der Waals surface area contributed by atoms with Crippen LogP contribution in [0, 0.1) is 6.92 Å². The Bertz CT molecular complexity index is 536. The molecule has 2 aromatic rings. The molecule has 15 heavy (non-hydrogen) atoms. The fourth-order valence-electron chi connectivity index (χ4n) is 1.34. The second-order valence-corrected chi connectivity index (χ2v) is 4.54. The van der Waals surface area contributed by atoms with Gasteiger partial charge in [0, 0.05) is 6.20 Å². The van der Waals surface area contributed by atoms with Crippen molar-refractivity contribution < 1.29 is 9.90 Å². The third-order valence-corrected chi connectivity index (χ3v) is 3.96. The molecule has 0 saturated carbocycles. The molecule has 2 rings (SSSR count). The number of nitrogens with zero attached hydrogens (tertiary/aromatic N) is 1. The average Bonchev–Trinajstić information content (AvgIpc) is 2.59. The van der Waals surface area contributed by atoms with Crippen molar-refractivity contribution in [2.24, 2.45) is 5.14 Å². The van der Waals surface area contributed by atoms with E-state index in [1.165, 1.54) is 17.5 Å².